The van der Waals surface area contributed by atoms with E-state index < -0.39 is 24.0 Å². The Hall–Kier alpha value is -2.56. The molecule has 0 spiro atoms. The Balaban J connectivity index is 0.000000220. The number of hydrogen-bond donors (Lipinski definition) is 4. The number of carbonyl (C=O) groups is 2. The lowest BCUT2D eigenvalue weighted by atomic mass is 10.2. The topological polar surface area (TPSA) is 193 Å². The highest BCUT2D eigenvalue weighted by molar-refractivity contribution is 5.70. The van der Waals surface area contributed by atoms with Gasteiger partial charge in [-0.25, -0.2) is 9.98 Å². The van der Waals surface area contributed by atoms with Crippen LogP contribution in [0.15, 0.2) is 29.4 Å². The molecule has 1 aromatic rings. The van der Waals surface area contributed by atoms with E-state index in [1.807, 2.05) is 0 Å². The summed E-state index contributed by atoms with van der Waals surface area (Å²) in [6, 6.07) is -1.42. The van der Waals surface area contributed by atoms with Gasteiger partial charge in [-0.1, -0.05) is 0 Å². The summed E-state index contributed by atoms with van der Waals surface area (Å²) in [5.41, 5.74) is 8.32. The van der Waals surface area contributed by atoms with Crippen molar-refractivity contribution in [2.45, 2.75) is 24.9 Å². The number of nitrogens with two attached hydrogens (primary N) is 1. The van der Waals surface area contributed by atoms with E-state index in [0.29, 0.717) is 12.8 Å². The number of nitrogens with zero attached hydrogens (tertiary/aromatic N) is 2. The van der Waals surface area contributed by atoms with E-state index in [0.717, 1.165) is 11.4 Å². The molecule has 0 fully saturated rings. The van der Waals surface area contributed by atoms with Gasteiger partial charge in [-0.05, 0) is 0 Å². The van der Waals surface area contributed by atoms with Gasteiger partial charge in [0.25, 0.3) is 0 Å². The van der Waals surface area contributed by atoms with Crippen LogP contribution in [0, 0.1) is 0 Å². The van der Waals surface area contributed by atoms with Crippen LogP contribution in [-0.2, 0) is 16.0 Å². The van der Waals surface area contributed by atoms with Crippen LogP contribution in [0.25, 0.3) is 0 Å². The SMILES string of the molecule is [NH3+]C(CC1=C[NH2+]C=N1)C(=O)[O-].[NH3+]C(Cc1cnc[nH]1)C(=O)[O-]. The third-order valence-electron chi connectivity index (χ3n) is 2.76. The highest BCUT2D eigenvalue weighted by Gasteiger charge is 2.12. The van der Waals surface area contributed by atoms with Gasteiger partial charge in [0.15, 0.2) is 6.34 Å². The van der Waals surface area contributed by atoms with Crippen LogP contribution >= 0.6 is 0 Å². The second-order valence-electron chi connectivity index (χ2n) is 4.65. The summed E-state index contributed by atoms with van der Waals surface area (Å²) in [5.74, 6) is -2.27. The Morgan fingerprint density at radius 2 is 1.86 bits per heavy atom. The minimum Gasteiger partial charge on any atom is -0.544 e. The van der Waals surface area contributed by atoms with Crippen molar-refractivity contribution in [2.75, 3.05) is 0 Å². The maximum absolute atomic E-state index is 10.2. The molecular formula is C12H19N6O4+. The second kappa shape index (κ2) is 8.67. The van der Waals surface area contributed by atoms with Crippen molar-refractivity contribution in [1.29, 1.82) is 0 Å². The van der Waals surface area contributed by atoms with Crippen LogP contribution in [0.5, 0.6) is 0 Å². The lowest BCUT2D eigenvalue weighted by Gasteiger charge is -2.06. The number of carboxylic acids is 2. The van der Waals surface area contributed by atoms with E-state index in [4.69, 9.17) is 0 Å². The van der Waals surface area contributed by atoms with Crippen LogP contribution < -0.4 is 27.0 Å². The number of aromatic amines is 1. The smallest absolute Gasteiger partial charge is 0.191 e. The summed E-state index contributed by atoms with van der Waals surface area (Å²) >= 11 is 0. The fourth-order valence-corrected chi connectivity index (χ4v) is 1.54. The number of carboxylic acid groups (broad SMARTS) is 2. The first-order valence-corrected chi connectivity index (χ1v) is 6.51. The number of rotatable bonds is 6. The van der Waals surface area contributed by atoms with Crippen LogP contribution in [0.4, 0.5) is 0 Å². The number of imidazole rings is 1. The van der Waals surface area contributed by atoms with Crippen LogP contribution in [0.1, 0.15) is 12.1 Å². The number of quaternary nitrogens is 3. The third-order valence-corrected chi connectivity index (χ3v) is 2.76. The van der Waals surface area contributed by atoms with Gasteiger partial charge < -0.3 is 36.3 Å². The number of aliphatic carboxylic acids is 2. The fraction of sp³-hybridized carbons (Fsp3) is 0.333. The van der Waals surface area contributed by atoms with Crippen molar-refractivity contribution < 1.29 is 36.6 Å². The molecule has 2 rings (SSSR count). The molecule has 0 saturated heterocycles. The molecule has 2 atom stereocenters. The number of aliphatic imine (C=N–C) groups is 1. The predicted octanol–water partition coefficient (Wildman–Crippen LogP) is -6.50. The van der Waals surface area contributed by atoms with Crippen LogP contribution in [0.2, 0.25) is 0 Å². The molecule has 0 saturated carbocycles. The molecule has 2 heterocycles. The van der Waals surface area contributed by atoms with Crippen molar-refractivity contribution in [1.82, 2.24) is 9.97 Å². The van der Waals surface area contributed by atoms with Crippen molar-refractivity contribution in [3.05, 3.63) is 30.1 Å². The zero-order chi connectivity index (χ0) is 16.5. The van der Waals surface area contributed by atoms with Crippen LogP contribution in [-0.4, -0.2) is 40.3 Å². The molecule has 10 heteroatoms. The number of hydrogen-bond acceptors (Lipinski definition) is 6. The van der Waals surface area contributed by atoms with Gasteiger partial charge in [0.05, 0.1) is 24.7 Å². The number of carbonyl (C=O) groups excluding carboxylic acids is 2. The molecule has 0 bridgehead atoms. The van der Waals surface area contributed by atoms with E-state index in [1.54, 1.807) is 24.1 Å². The summed E-state index contributed by atoms with van der Waals surface area (Å²) in [4.78, 5) is 30.9. The standard InChI is InChI=1S/2C6H9N3O2/c2*7-5(6(10)11)1-4-2-8-3-9-4/h2*2-3,5H,1,7H2,(H,8,9)(H,10,11)/p+1. The zero-order valence-corrected chi connectivity index (χ0v) is 11.9. The quantitative estimate of drug-likeness (QED) is 0.405. The van der Waals surface area contributed by atoms with Gasteiger partial charge in [-0.2, -0.15) is 0 Å². The lowest BCUT2D eigenvalue weighted by molar-refractivity contribution is -0.449. The van der Waals surface area contributed by atoms with Gasteiger partial charge in [-0.3, -0.25) is 5.32 Å². The average Bonchev–Trinajstić information content (AvgIpc) is 3.12. The Morgan fingerprint density at radius 3 is 2.32 bits per heavy atom. The van der Waals surface area contributed by atoms with E-state index in [9.17, 15) is 19.8 Å². The predicted molar refractivity (Wildman–Crippen MR) is 68.8 cm³/mol. The molecule has 9 N–H and O–H groups in total. The molecule has 1 aliphatic rings. The van der Waals surface area contributed by atoms with Gasteiger partial charge in [0.2, 0.25) is 0 Å². The molecule has 22 heavy (non-hydrogen) atoms. The summed E-state index contributed by atoms with van der Waals surface area (Å²) in [5, 5.41) is 22.2. The molecule has 1 aliphatic heterocycles. The van der Waals surface area contributed by atoms with Crippen molar-refractivity contribution in [3.63, 3.8) is 0 Å². The average molecular weight is 311 g/mol. The Bertz CT molecular complexity index is 554. The third kappa shape index (κ3) is 6.26. The molecule has 2 unspecified atom stereocenters. The number of aromatic nitrogens is 2. The van der Waals surface area contributed by atoms with E-state index in [2.05, 4.69) is 26.4 Å². The maximum Gasteiger partial charge on any atom is 0.191 e. The zero-order valence-electron chi connectivity index (χ0n) is 11.9. The molecule has 10 nitrogen and oxygen atoms in total. The Kier molecular flexibility index (Phi) is 6.89. The van der Waals surface area contributed by atoms with E-state index in [1.165, 1.54) is 6.33 Å². The first-order chi connectivity index (χ1) is 10.4. The Morgan fingerprint density at radius 1 is 1.23 bits per heavy atom. The minimum atomic E-state index is -1.14. The molecule has 0 aromatic carbocycles. The molecule has 0 aliphatic carbocycles. The molecule has 0 amide bonds. The van der Waals surface area contributed by atoms with Crippen molar-refractivity contribution >= 4 is 18.3 Å². The first kappa shape index (κ1) is 17.5. The highest BCUT2D eigenvalue weighted by Crippen LogP contribution is 2.02. The van der Waals surface area contributed by atoms with Gasteiger partial charge in [0.1, 0.15) is 24.0 Å². The maximum atomic E-state index is 10.2. The number of nitrogens with one attached hydrogen (secondary N) is 1. The number of H-pyrrole nitrogens is 1. The van der Waals surface area contributed by atoms with Crippen molar-refractivity contribution in [3.8, 4) is 0 Å². The summed E-state index contributed by atoms with van der Waals surface area (Å²) < 4.78 is 0. The van der Waals surface area contributed by atoms with E-state index >= 15 is 0 Å². The Labute approximate surface area is 125 Å². The molecular weight excluding hydrogens is 292 g/mol. The van der Waals surface area contributed by atoms with Crippen molar-refractivity contribution in [2.24, 2.45) is 4.99 Å². The largest absolute Gasteiger partial charge is 0.544 e. The van der Waals surface area contributed by atoms with Gasteiger partial charge >= 0.3 is 0 Å². The van der Waals surface area contributed by atoms with Gasteiger partial charge in [0, 0.05) is 18.3 Å². The molecule has 1 aromatic heterocycles. The summed E-state index contributed by atoms with van der Waals surface area (Å²) in [6.07, 6.45) is 7.13. The van der Waals surface area contributed by atoms with E-state index in [-0.39, 0.29) is 0 Å². The fourth-order valence-electron chi connectivity index (χ4n) is 1.54. The minimum absolute atomic E-state index is 0.336. The van der Waals surface area contributed by atoms with Crippen LogP contribution in [0.3, 0.4) is 0 Å². The molecule has 0 radical (unpaired) electrons. The summed E-state index contributed by atoms with van der Waals surface area (Å²) in [6.45, 7) is 0. The van der Waals surface area contributed by atoms with Gasteiger partial charge in [-0.15, -0.1) is 0 Å². The summed E-state index contributed by atoms with van der Waals surface area (Å²) in [7, 11) is 0. The highest BCUT2D eigenvalue weighted by atomic mass is 16.4. The second-order valence-corrected chi connectivity index (χ2v) is 4.65. The first-order valence-electron chi connectivity index (χ1n) is 6.51. The lowest BCUT2D eigenvalue weighted by Crippen LogP contribution is -2.74. The monoisotopic (exact) mass is 311 g/mol. The normalized spacial score (nSPS) is 15.5. The molecule has 120 valence electrons.